The molecule has 1 amide bonds. The summed E-state index contributed by atoms with van der Waals surface area (Å²) in [6.07, 6.45) is -0.491. The molecule has 3 aromatic carbocycles. The number of ether oxygens (including phenoxy) is 1. The third-order valence-corrected chi connectivity index (χ3v) is 4.28. The van der Waals surface area contributed by atoms with E-state index in [4.69, 9.17) is 4.74 Å². The maximum absolute atomic E-state index is 12.8. The molecule has 0 aromatic heterocycles. The molecule has 0 atom stereocenters. The molecule has 0 N–H and O–H groups in total. The molecule has 0 spiro atoms. The van der Waals surface area contributed by atoms with Crippen molar-refractivity contribution >= 4 is 17.5 Å². The van der Waals surface area contributed by atoms with Crippen LogP contribution < -0.4 is 4.90 Å². The van der Waals surface area contributed by atoms with Crippen LogP contribution in [0.1, 0.15) is 16.7 Å². The Morgan fingerprint density at radius 1 is 0.846 bits per heavy atom. The molecule has 131 valence electrons. The summed E-state index contributed by atoms with van der Waals surface area (Å²) in [6, 6.07) is 22.2. The highest BCUT2D eigenvalue weighted by atomic mass is 16.6. The Bertz CT molecular complexity index is 853. The van der Waals surface area contributed by atoms with Crippen molar-refractivity contribution in [2.75, 3.05) is 4.90 Å². The van der Waals surface area contributed by atoms with Crippen LogP contribution in [0.5, 0.6) is 5.75 Å². The fourth-order valence-electron chi connectivity index (χ4n) is 2.74. The van der Waals surface area contributed by atoms with Crippen LogP contribution in [0, 0.1) is 13.8 Å². The standard InChI is InChI=1S/C22H20NO3/c1-16-13-14-18(17(2)21(16)24)15-26-22(25)23(19-9-5-3-6-10-19)20-11-7-4-8-12-20/h3-14H,15H2,1-2H3. The number of hydrogen-bond acceptors (Lipinski definition) is 2. The molecule has 0 unspecified atom stereocenters. The van der Waals surface area contributed by atoms with E-state index in [1.807, 2.05) is 66.7 Å². The van der Waals surface area contributed by atoms with Gasteiger partial charge >= 0.3 is 6.09 Å². The summed E-state index contributed by atoms with van der Waals surface area (Å²) < 4.78 is 5.52. The van der Waals surface area contributed by atoms with Gasteiger partial charge in [-0.15, -0.1) is 0 Å². The van der Waals surface area contributed by atoms with Crippen molar-refractivity contribution in [3.8, 4) is 5.75 Å². The fraction of sp³-hybridized carbons (Fsp3) is 0.136. The Hall–Kier alpha value is -3.27. The van der Waals surface area contributed by atoms with E-state index in [2.05, 4.69) is 0 Å². The zero-order chi connectivity index (χ0) is 18.5. The Balaban J connectivity index is 1.84. The zero-order valence-corrected chi connectivity index (χ0v) is 14.8. The number of para-hydroxylation sites is 2. The Morgan fingerprint density at radius 3 is 1.92 bits per heavy atom. The summed E-state index contributed by atoms with van der Waals surface area (Å²) in [5, 5.41) is 12.1. The molecule has 3 rings (SSSR count). The maximum Gasteiger partial charge on any atom is 0.419 e. The molecule has 3 aromatic rings. The van der Waals surface area contributed by atoms with Crippen LogP contribution in [0.15, 0.2) is 72.8 Å². The first kappa shape index (κ1) is 17.5. The van der Waals surface area contributed by atoms with Crippen LogP contribution in [0.3, 0.4) is 0 Å². The van der Waals surface area contributed by atoms with E-state index in [1.54, 1.807) is 19.9 Å². The van der Waals surface area contributed by atoms with Crippen LogP contribution in [0.4, 0.5) is 16.2 Å². The molecule has 0 aliphatic heterocycles. The van der Waals surface area contributed by atoms with Crippen molar-refractivity contribution < 1.29 is 14.6 Å². The predicted octanol–water partition coefficient (Wildman–Crippen LogP) is 5.92. The minimum Gasteiger partial charge on any atom is -0.444 e. The van der Waals surface area contributed by atoms with E-state index in [0.29, 0.717) is 22.5 Å². The number of carbonyl (C=O) groups excluding carboxylic acids is 1. The van der Waals surface area contributed by atoms with Gasteiger partial charge in [0.05, 0.1) is 11.4 Å². The molecular weight excluding hydrogens is 326 g/mol. The van der Waals surface area contributed by atoms with Crippen LogP contribution in [0.25, 0.3) is 0 Å². The van der Waals surface area contributed by atoms with Crippen LogP contribution >= 0.6 is 0 Å². The van der Waals surface area contributed by atoms with E-state index in [1.165, 1.54) is 4.90 Å². The van der Waals surface area contributed by atoms with E-state index in [0.717, 1.165) is 5.56 Å². The van der Waals surface area contributed by atoms with Gasteiger partial charge in [-0.3, -0.25) is 5.11 Å². The highest BCUT2D eigenvalue weighted by Crippen LogP contribution is 2.28. The lowest BCUT2D eigenvalue weighted by Crippen LogP contribution is -2.26. The van der Waals surface area contributed by atoms with Gasteiger partial charge in [0.25, 0.3) is 0 Å². The highest BCUT2D eigenvalue weighted by Gasteiger charge is 2.20. The third kappa shape index (κ3) is 3.70. The molecule has 4 heteroatoms. The fourth-order valence-corrected chi connectivity index (χ4v) is 2.74. The van der Waals surface area contributed by atoms with Gasteiger partial charge < -0.3 is 4.74 Å². The lowest BCUT2D eigenvalue weighted by molar-refractivity contribution is 0.149. The second-order valence-corrected chi connectivity index (χ2v) is 6.06. The van der Waals surface area contributed by atoms with E-state index < -0.39 is 6.09 Å². The normalized spacial score (nSPS) is 10.4. The second kappa shape index (κ2) is 7.74. The Morgan fingerprint density at radius 2 is 1.38 bits per heavy atom. The third-order valence-electron chi connectivity index (χ3n) is 4.28. The number of benzene rings is 3. The molecule has 0 fully saturated rings. The van der Waals surface area contributed by atoms with E-state index >= 15 is 0 Å². The van der Waals surface area contributed by atoms with Gasteiger partial charge in [-0.25, -0.2) is 9.69 Å². The van der Waals surface area contributed by atoms with Crippen molar-refractivity contribution in [2.24, 2.45) is 0 Å². The number of anilines is 2. The number of aryl methyl sites for hydroxylation is 1. The first-order chi connectivity index (χ1) is 12.6. The summed E-state index contributed by atoms with van der Waals surface area (Å²) in [7, 11) is 0. The predicted molar refractivity (Wildman–Crippen MR) is 101 cm³/mol. The average molecular weight is 346 g/mol. The monoisotopic (exact) mass is 346 g/mol. The molecule has 26 heavy (non-hydrogen) atoms. The number of nitrogens with zero attached hydrogens (tertiary/aromatic N) is 1. The van der Waals surface area contributed by atoms with E-state index in [-0.39, 0.29) is 12.4 Å². The maximum atomic E-state index is 12.8. The molecule has 0 heterocycles. The molecule has 0 saturated heterocycles. The quantitative estimate of drug-likeness (QED) is 0.588. The summed E-state index contributed by atoms with van der Waals surface area (Å²) in [5.41, 5.74) is 3.45. The summed E-state index contributed by atoms with van der Waals surface area (Å²) in [5.74, 6) is -0.0125. The average Bonchev–Trinajstić information content (AvgIpc) is 2.67. The summed E-state index contributed by atoms with van der Waals surface area (Å²) in [4.78, 5) is 14.3. The van der Waals surface area contributed by atoms with Gasteiger partial charge in [-0.2, -0.15) is 0 Å². The largest absolute Gasteiger partial charge is 0.444 e. The summed E-state index contributed by atoms with van der Waals surface area (Å²) >= 11 is 0. The number of amides is 1. The topological polar surface area (TPSA) is 49.4 Å². The lowest BCUT2D eigenvalue weighted by Gasteiger charge is -2.22. The number of hydrogen-bond donors (Lipinski definition) is 0. The van der Waals surface area contributed by atoms with Crippen LogP contribution in [-0.2, 0) is 16.5 Å². The van der Waals surface area contributed by atoms with Gasteiger partial charge in [0.15, 0.2) is 5.75 Å². The zero-order valence-electron chi connectivity index (χ0n) is 14.8. The molecule has 4 nitrogen and oxygen atoms in total. The molecule has 0 aliphatic rings. The van der Waals surface area contributed by atoms with Gasteiger partial charge in [0.2, 0.25) is 0 Å². The van der Waals surface area contributed by atoms with Crippen molar-refractivity contribution in [2.45, 2.75) is 20.5 Å². The van der Waals surface area contributed by atoms with Crippen LogP contribution in [-0.4, -0.2) is 6.09 Å². The minimum atomic E-state index is -0.491. The van der Waals surface area contributed by atoms with Crippen LogP contribution in [0.2, 0.25) is 0 Å². The number of carbonyl (C=O) groups is 1. The van der Waals surface area contributed by atoms with Gasteiger partial charge in [-0.05, 0) is 49.2 Å². The SMILES string of the molecule is Cc1ccc(COC(=O)N(c2ccccc2)c2ccccc2)c(C)c1[O]. The molecule has 0 aliphatic carbocycles. The molecular formula is C22H20NO3. The molecule has 0 saturated carbocycles. The van der Waals surface area contributed by atoms with Gasteiger partial charge in [-0.1, -0.05) is 48.5 Å². The second-order valence-electron chi connectivity index (χ2n) is 6.06. The van der Waals surface area contributed by atoms with Crippen molar-refractivity contribution in [1.82, 2.24) is 0 Å². The number of rotatable bonds is 4. The molecule has 1 radical (unpaired) electrons. The highest BCUT2D eigenvalue weighted by molar-refractivity contribution is 5.95. The first-order valence-corrected chi connectivity index (χ1v) is 8.41. The van der Waals surface area contributed by atoms with Crippen molar-refractivity contribution in [1.29, 1.82) is 0 Å². The Labute approximate surface area is 153 Å². The van der Waals surface area contributed by atoms with E-state index in [9.17, 15) is 9.90 Å². The van der Waals surface area contributed by atoms with Gasteiger partial charge in [0.1, 0.15) is 6.61 Å². The van der Waals surface area contributed by atoms with Crippen molar-refractivity contribution in [3.05, 3.63) is 89.5 Å². The van der Waals surface area contributed by atoms with Gasteiger partial charge in [0, 0.05) is 5.56 Å². The smallest absolute Gasteiger partial charge is 0.419 e. The lowest BCUT2D eigenvalue weighted by atomic mass is 10.0. The Kier molecular flexibility index (Phi) is 5.23. The summed E-state index contributed by atoms with van der Waals surface area (Å²) in [6.45, 7) is 3.58. The van der Waals surface area contributed by atoms with Crippen molar-refractivity contribution in [3.63, 3.8) is 0 Å². The molecule has 0 bridgehead atoms. The first-order valence-electron chi connectivity index (χ1n) is 8.41. The minimum absolute atomic E-state index is 0.0125.